The number of anilines is 1. The third-order valence-corrected chi connectivity index (χ3v) is 5.57. The lowest BCUT2D eigenvalue weighted by molar-refractivity contribution is -0.139. The molecule has 2 aromatic carbocycles. The molecule has 0 radical (unpaired) electrons. The van der Waals surface area contributed by atoms with Crippen molar-refractivity contribution in [1.82, 2.24) is 9.88 Å². The molecule has 32 heavy (non-hydrogen) atoms. The summed E-state index contributed by atoms with van der Waals surface area (Å²) < 4.78 is 29.8. The molecule has 164 valence electrons. The zero-order valence-electron chi connectivity index (χ0n) is 16.6. The van der Waals surface area contributed by atoms with Crippen molar-refractivity contribution in [1.29, 1.82) is 0 Å². The van der Waals surface area contributed by atoms with Gasteiger partial charge in [-0.3, -0.25) is 24.6 Å². The first-order valence-electron chi connectivity index (χ1n) is 9.64. The Kier molecular flexibility index (Phi) is 6.22. The predicted molar refractivity (Wildman–Crippen MR) is 113 cm³/mol. The summed E-state index contributed by atoms with van der Waals surface area (Å²) in [6.07, 6.45) is 0.460. The van der Waals surface area contributed by atoms with Crippen molar-refractivity contribution in [3.63, 3.8) is 0 Å². The number of likely N-dealkylation sites (tertiary alicyclic amines) is 1. The normalized spacial score (nSPS) is 13.7. The fraction of sp³-hybridized carbons (Fsp3) is 0.182. The van der Waals surface area contributed by atoms with Gasteiger partial charge in [-0.2, -0.15) is 8.78 Å². The van der Waals surface area contributed by atoms with Crippen LogP contribution in [0, 0.1) is 0 Å². The highest BCUT2D eigenvalue weighted by atomic mass is 32.1. The van der Waals surface area contributed by atoms with Crippen LogP contribution in [0.4, 0.5) is 13.9 Å². The number of carbonyl (C=O) groups excluding carboxylic acids is 3. The van der Waals surface area contributed by atoms with E-state index in [1.54, 1.807) is 47.8 Å². The van der Waals surface area contributed by atoms with E-state index >= 15 is 0 Å². The van der Waals surface area contributed by atoms with Crippen LogP contribution >= 0.6 is 11.3 Å². The second-order valence-electron chi connectivity index (χ2n) is 6.94. The molecule has 1 saturated heterocycles. The number of halogens is 2. The molecule has 3 aromatic rings. The molecule has 1 aromatic heterocycles. The number of hydrogen-bond acceptors (Lipinski definition) is 6. The fourth-order valence-corrected chi connectivity index (χ4v) is 3.95. The lowest BCUT2D eigenvalue weighted by Crippen LogP contribution is -2.28. The minimum absolute atomic E-state index is 0.00349. The van der Waals surface area contributed by atoms with E-state index in [4.69, 9.17) is 0 Å². The summed E-state index contributed by atoms with van der Waals surface area (Å²) in [4.78, 5) is 41.5. The summed E-state index contributed by atoms with van der Waals surface area (Å²) in [5.41, 5.74) is 1.89. The maximum Gasteiger partial charge on any atom is 0.387 e. The van der Waals surface area contributed by atoms with Crippen molar-refractivity contribution < 1.29 is 27.9 Å². The van der Waals surface area contributed by atoms with Gasteiger partial charge in [0.2, 0.25) is 11.8 Å². The van der Waals surface area contributed by atoms with Crippen LogP contribution in [0.3, 0.4) is 0 Å². The molecule has 0 atom stereocenters. The lowest BCUT2D eigenvalue weighted by Gasteiger charge is -2.13. The van der Waals surface area contributed by atoms with Crippen LogP contribution in [0.1, 0.15) is 28.8 Å². The average Bonchev–Trinajstić information content (AvgIpc) is 3.36. The molecule has 3 amide bonds. The summed E-state index contributed by atoms with van der Waals surface area (Å²) in [5.74, 6) is -0.798. The molecule has 1 N–H and O–H groups in total. The fourth-order valence-electron chi connectivity index (χ4n) is 3.24. The van der Waals surface area contributed by atoms with Crippen LogP contribution in [-0.4, -0.2) is 34.2 Å². The van der Waals surface area contributed by atoms with Crippen LogP contribution in [0.5, 0.6) is 5.75 Å². The van der Waals surface area contributed by atoms with Crippen molar-refractivity contribution >= 4 is 34.2 Å². The highest BCUT2D eigenvalue weighted by molar-refractivity contribution is 7.14. The summed E-state index contributed by atoms with van der Waals surface area (Å²) in [5, 5.41) is 4.61. The lowest BCUT2D eigenvalue weighted by atomic mass is 10.1. The molecule has 0 bridgehead atoms. The van der Waals surface area contributed by atoms with Gasteiger partial charge in [0.1, 0.15) is 5.75 Å². The zero-order chi connectivity index (χ0) is 22.7. The summed E-state index contributed by atoms with van der Waals surface area (Å²) in [7, 11) is 0. The van der Waals surface area contributed by atoms with Gasteiger partial charge >= 0.3 is 6.61 Å². The van der Waals surface area contributed by atoms with Crippen LogP contribution in [0.2, 0.25) is 0 Å². The van der Waals surface area contributed by atoms with Crippen molar-refractivity contribution in [2.75, 3.05) is 5.32 Å². The highest BCUT2D eigenvalue weighted by Gasteiger charge is 2.28. The molecule has 2 heterocycles. The monoisotopic (exact) mass is 457 g/mol. The van der Waals surface area contributed by atoms with E-state index < -0.39 is 12.5 Å². The Morgan fingerprint density at radius 1 is 1.09 bits per heavy atom. The van der Waals surface area contributed by atoms with Crippen molar-refractivity contribution in [3.8, 4) is 17.0 Å². The van der Waals surface area contributed by atoms with Crippen LogP contribution in [0.15, 0.2) is 53.9 Å². The molecule has 10 heteroatoms. The summed E-state index contributed by atoms with van der Waals surface area (Å²) in [6, 6.07) is 12.8. The molecule has 0 saturated carbocycles. The Hall–Kier alpha value is -3.66. The first-order valence-corrected chi connectivity index (χ1v) is 10.5. The van der Waals surface area contributed by atoms with E-state index in [0.29, 0.717) is 22.0 Å². The minimum atomic E-state index is -2.96. The van der Waals surface area contributed by atoms with E-state index in [0.717, 1.165) is 16.9 Å². The quantitative estimate of drug-likeness (QED) is 0.534. The number of thiazole rings is 1. The largest absolute Gasteiger partial charge is 0.434 e. The van der Waals surface area contributed by atoms with Gasteiger partial charge in [0.25, 0.3) is 5.91 Å². The topological polar surface area (TPSA) is 88.6 Å². The Labute approximate surface area is 185 Å². The number of aromatic nitrogens is 1. The van der Waals surface area contributed by atoms with Gasteiger partial charge in [0.05, 0.1) is 12.2 Å². The predicted octanol–water partition coefficient (Wildman–Crippen LogP) is 4.31. The Morgan fingerprint density at radius 2 is 1.78 bits per heavy atom. The first kappa shape index (κ1) is 21.6. The average molecular weight is 457 g/mol. The molecule has 4 rings (SSSR count). The molecular formula is C22H17F2N3O4S. The summed E-state index contributed by atoms with van der Waals surface area (Å²) in [6.45, 7) is -2.78. The van der Waals surface area contributed by atoms with Gasteiger partial charge in [0, 0.05) is 29.3 Å². The maximum atomic E-state index is 12.6. The van der Waals surface area contributed by atoms with Gasteiger partial charge in [0.15, 0.2) is 5.13 Å². The van der Waals surface area contributed by atoms with Crippen molar-refractivity contribution in [3.05, 3.63) is 65.0 Å². The smallest absolute Gasteiger partial charge is 0.387 e. The molecule has 1 aliphatic heterocycles. The van der Waals surface area contributed by atoms with E-state index in [1.165, 1.54) is 11.0 Å². The number of rotatable bonds is 7. The van der Waals surface area contributed by atoms with Gasteiger partial charge in [-0.25, -0.2) is 4.98 Å². The third kappa shape index (κ3) is 4.80. The number of para-hydroxylation sites is 1. The second kappa shape index (κ2) is 9.23. The number of carbonyl (C=O) groups is 3. The maximum absolute atomic E-state index is 12.6. The molecule has 1 aliphatic rings. The van der Waals surface area contributed by atoms with Crippen LogP contribution < -0.4 is 10.1 Å². The molecule has 1 fully saturated rings. The number of nitrogens with one attached hydrogen (secondary N) is 1. The van der Waals surface area contributed by atoms with Gasteiger partial charge in [-0.15, -0.1) is 11.3 Å². The molecular weight excluding hydrogens is 440 g/mol. The SMILES string of the molecule is O=C(Nc1nc(-c2ccccc2OC(F)F)cs1)c1ccc(CN2C(=O)CCC2=O)cc1. The van der Waals surface area contributed by atoms with Gasteiger partial charge in [-0.1, -0.05) is 24.3 Å². The number of nitrogens with zero attached hydrogens (tertiary/aromatic N) is 2. The Morgan fingerprint density at radius 3 is 2.47 bits per heavy atom. The third-order valence-electron chi connectivity index (χ3n) is 4.82. The molecule has 7 nitrogen and oxygen atoms in total. The summed E-state index contributed by atoms with van der Waals surface area (Å²) >= 11 is 1.15. The van der Waals surface area contributed by atoms with Crippen molar-refractivity contribution in [2.24, 2.45) is 0 Å². The van der Waals surface area contributed by atoms with Gasteiger partial charge < -0.3 is 4.74 Å². The second-order valence-corrected chi connectivity index (χ2v) is 7.80. The number of benzene rings is 2. The minimum Gasteiger partial charge on any atom is -0.434 e. The van der Waals surface area contributed by atoms with Crippen LogP contribution in [-0.2, 0) is 16.1 Å². The number of hydrogen-bond donors (Lipinski definition) is 1. The number of amides is 3. The highest BCUT2D eigenvalue weighted by Crippen LogP contribution is 2.33. The van der Waals surface area contributed by atoms with Crippen molar-refractivity contribution in [2.45, 2.75) is 26.0 Å². The Balaban J connectivity index is 1.42. The zero-order valence-corrected chi connectivity index (χ0v) is 17.4. The van der Waals surface area contributed by atoms with Gasteiger partial charge in [-0.05, 0) is 29.8 Å². The number of ether oxygens (including phenoxy) is 1. The number of imide groups is 1. The van der Waals surface area contributed by atoms with E-state index in [9.17, 15) is 23.2 Å². The molecule has 0 unspecified atom stereocenters. The molecule has 0 aliphatic carbocycles. The first-order chi connectivity index (χ1) is 15.4. The standard InChI is InChI=1S/C22H17F2N3O4S/c23-21(24)31-17-4-2-1-3-15(17)16-12-32-22(25-16)26-20(30)14-7-5-13(6-8-14)11-27-18(28)9-10-19(27)29/h1-8,12,21H,9-11H2,(H,25,26,30). The van der Waals surface area contributed by atoms with Crippen LogP contribution in [0.25, 0.3) is 11.3 Å². The number of alkyl halides is 2. The van der Waals surface area contributed by atoms with E-state index in [-0.39, 0.29) is 37.0 Å². The van der Waals surface area contributed by atoms with E-state index in [1.807, 2.05) is 0 Å². The Bertz CT molecular complexity index is 1150. The molecule has 0 spiro atoms. The van der Waals surface area contributed by atoms with E-state index in [2.05, 4.69) is 15.0 Å².